The van der Waals surface area contributed by atoms with Crippen molar-refractivity contribution < 1.29 is 19.2 Å². The molecular weight excluding hydrogens is 396 g/mol. The molecule has 0 aromatic carbocycles. The summed E-state index contributed by atoms with van der Waals surface area (Å²) in [7, 11) is 0. The summed E-state index contributed by atoms with van der Waals surface area (Å²) < 4.78 is 0. The Balaban J connectivity index is 1.23. The molecule has 5 amide bonds. The fourth-order valence-corrected chi connectivity index (χ4v) is 6.25. The molecule has 5 fully saturated rings. The Morgan fingerprint density at radius 1 is 1.00 bits per heavy atom. The van der Waals surface area contributed by atoms with Crippen molar-refractivity contribution >= 4 is 23.8 Å². The van der Waals surface area contributed by atoms with Gasteiger partial charge in [0.05, 0.1) is 6.04 Å². The summed E-state index contributed by atoms with van der Waals surface area (Å²) in [4.78, 5) is 56.7. The van der Waals surface area contributed by atoms with Gasteiger partial charge in [0, 0.05) is 38.0 Å². The molecule has 2 saturated carbocycles. The van der Waals surface area contributed by atoms with Gasteiger partial charge in [0.2, 0.25) is 11.8 Å². The van der Waals surface area contributed by atoms with Crippen molar-refractivity contribution in [3.63, 3.8) is 0 Å². The van der Waals surface area contributed by atoms with Crippen LogP contribution in [0.4, 0.5) is 4.79 Å². The second kappa shape index (κ2) is 7.20. The normalized spacial score (nSPS) is 31.3. The summed E-state index contributed by atoms with van der Waals surface area (Å²) in [5.41, 5.74) is -0.611. The molecule has 0 bridgehead atoms. The first-order chi connectivity index (χ1) is 14.8. The highest BCUT2D eigenvalue weighted by atomic mass is 16.2. The zero-order valence-corrected chi connectivity index (χ0v) is 18.7. The highest BCUT2D eigenvalue weighted by Crippen LogP contribution is 2.66. The van der Waals surface area contributed by atoms with Crippen molar-refractivity contribution in [3.05, 3.63) is 0 Å². The number of rotatable bonds is 3. The SMILES string of the molecule is CC(C)C(=O)N1CCC2(CC1)NC(=O)N([C@H]1CCCN(C(=O)[C@H]3CC34CCC4)C1)C2=O. The van der Waals surface area contributed by atoms with Crippen LogP contribution in [-0.4, -0.2) is 76.2 Å². The van der Waals surface area contributed by atoms with Crippen molar-refractivity contribution in [2.24, 2.45) is 17.3 Å². The quantitative estimate of drug-likeness (QED) is 0.691. The van der Waals surface area contributed by atoms with Crippen LogP contribution in [-0.2, 0) is 14.4 Å². The lowest BCUT2D eigenvalue weighted by atomic mass is 9.79. The highest BCUT2D eigenvalue weighted by Gasteiger charge is 2.62. The van der Waals surface area contributed by atoms with E-state index in [9.17, 15) is 19.2 Å². The fraction of sp³-hybridized carbons (Fsp3) is 0.826. The number of nitrogens with zero attached hydrogens (tertiary/aromatic N) is 3. The van der Waals surface area contributed by atoms with Gasteiger partial charge >= 0.3 is 6.03 Å². The zero-order valence-electron chi connectivity index (χ0n) is 18.7. The Labute approximate surface area is 183 Å². The van der Waals surface area contributed by atoms with Gasteiger partial charge in [-0.2, -0.15) is 0 Å². The monoisotopic (exact) mass is 430 g/mol. The Morgan fingerprint density at radius 2 is 1.71 bits per heavy atom. The maximum Gasteiger partial charge on any atom is 0.325 e. The summed E-state index contributed by atoms with van der Waals surface area (Å²) in [6.07, 6.45) is 7.06. The molecule has 5 rings (SSSR count). The second-order valence-electron chi connectivity index (χ2n) is 10.7. The third-order valence-electron chi connectivity index (χ3n) is 8.53. The van der Waals surface area contributed by atoms with Crippen LogP contribution in [0.3, 0.4) is 0 Å². The molecule has 8 heteroatoms. The number of hydrogen-bond donors (Lipinski definition) is 1. The van der Waals surface area contributed by atoms with E-state index in [2.05, 4.69) is 5.32 Å². The number of hydrogen-bond acceptors (Lipinski definition) is 4. The predicted octanol–water partition coefficient (Wildman–Crippen LogP) is 1.74. The molecule has 2 aliphatic carbocycles. The van der Waals surface area contributed by atoms with E-state index in [0.29, 0.717) is 32.5 Å². The Bertz CT molecular complexity index is 812. The van der Waals surface area contributed by atoms with Crippen LogP contribution < -0.4 is 5.32 Å². The molecule has 3 heterocycles. The number of carbonyl (C=O) groups excluding carboxylic acids is 4. The lowest BCUT2D eigenvalue weighted by Gasteiger charge is -2.39. The van der Waals surface area contributed by atoms with E-state index in [-0.39, 0.29) is 47.0 Å². The molecule has 2 atom stereocenters. The molecule has 170 valence electrons. The Morgan fingerprint density at radius 3 is 2.29 bits per heavy atom. The van der Waals surface area contributed by atoms with Crippen LogP contribution in [0.1, 0.15) is 65.2 Å². The molecule has 1 N–H and O–H groups in total. The number of imide groups is 1. The van der Waals surface area contributed by atoms with E-state index in [1.807, 2.05) is 18.7 Å². The third-order valence-corrected chi connectivity index (χ3v) is 8.53. The molecule has 3 saturated heterocycles. The van der Waals surface area contributed by atoms with Crippen LogP contribution in [0, 0.1) is 17.3 Å². The van der Waals surface area contributed by atoms with Crippen molar-refractivity contribution in [2.75, 3.05) is 26.2 Å². The van der Waals surface area contributed by atoms with Crippen LogP contribution in [0.25, 0.3) is 0 Å². The minimum absolute atomic E-state index is 0.0734. The molecule has 8 nitrogen and oxygen atoms in total. The first kappa shape index (κ1) is 20.8. The van der Waals surface area contributed by atoms with E-state index >= 15 is 0 Å². The average Bonchev–Trinajstić information content (AvgIpc) is 3.45. The third kappa shape index (κ3) is 3.24. The first-order valence-electron chi connectivity index (χ1n) is 12.0. The highest BCUT2D eigenvalue weighted by molar-refractivity contribution is 6.07. The van der Waals surface area contributed by atoms with E-state index < -0.39 is 5.54 Å². The van der Waals surface area contributed by atoms with Gasteiger partial charge in [-0.15, -0.1) is 0 Å². The Kier molecular flexibility index (Phi) is 4.83. The van der Waals surface area contributed by atoms with Gasteiger partial charge in [0.25, 0.3) is 5.91 Å². The average molecular weight is 431 g/mol. The second-order valence-corrected chi connectivity index (χ2v) is 10.7. The first-order valence-corrected chi connectivity index (χ1v) is 12.0. The van der Waals surface area contributed by atoms with Crippen molar-refractivity contribution in [1.29, 1.82) is 0 Å². The van der Waals surface area contributed by atoms with Gasteiger partial charge in [0.1, 0.15) is 5.54 Å². The van der Waals surface area contributed by atoms with E-state index in [4.69, 9.17) is 0 Å². The molecule has 3 aliphatic heterocycles. The van der Waals surface area contributed by atoms with Gasteiger partial charge < -0.3 is 15.1 Å². The lowest BCUT2D eigenvalue weighted by molar-refractivity contribution is -0.142. The number of piperidine rings is 2. The van der Waals surface area contributed by atoms with Crippen molar-refractivity contribution in [1.82, 2.24) is 20.0 Å². The maximum atomic E-state index is 13.4. The summed E-state index contributed by atoms with van der Waals surface area (Å²) >= 11 is 0. The number of carbonyl (C=O) groups is 4. The summed E-state index contributed by atoms with van der Waals surface area (Å²) in [6.45, 7) is 5.90. The molecule has 31 heavy (non-hydrogen) atoms. The summed E-state index contributed by atoms with van der Waals surface area (Å²) in [5.74, 6) is 0.240. The molecular formula is C23H34N4O4. The molecule has 5 aliphatic rings. The van der Waals surface area contributed by atoms with Gasteiger partial charge in [-0.25, -0.2) is 4.79 Å². The minimum atomic E-state index is -0.899. The summed E-state index contributed by atoms with van der Waals surface area (Å²) in [6, 6.07) is -0.592. The number of nitrogens with one attached hydrogen (secondary N) is 1. The van der Waals surface area contributed by atoms with Gasteiger partial charge in [-0.1, -0.05) is 20.3 Å². The fourth-order valence-electron chi connectivity index (χ4n) is 6.25. The van der Waals surface area contributed by atoms with Gasteiger partial charge in [-0.05, 0) is 50.4 Å². The van der Waals surface area contributed by atoms with Crippen LogP contribution in [0.5, 0.6) is 0 Å². The molecule has 0 aromatic rings. The standard InChI is InChI=1S/C23H34N4O4/c1-15(2)18(28)25-11-8-23(9-12-25)20(30)27(21(31)24-23)16-5-3-10-26(14-16)19(29)17-13-22(17)6-4-7-22/h15-17H,3-14H2,1-2H3,(H,24,31)/t16-,17+/m0/s1. The molecule has 2 spiro atoms. The summed E-state index contributed by atoms with van der Waals surface area (Å²) in [5, 5.41) is 2.96. The van der Waals surface area contributed by atoms with Gasteiger partial charge in [0.15, 0.2) is 0 Å². The van der Waals surface area contributed by atoms with E-state index in [1.54, 1.807) is 4.90 Å². The van der Waals surface area contributed by atoms with E-state index in [0.717, 1.165) is 25.8 Å². The predicted molar refractivity (Wildman–Crippen MR) is 113 cm³/mol. The van der Waals surface area contributed by atoms with Crippen LogP contribution in [0.15, 0.2) is 0 Å². The Hall–Kier alpha value is -2.12. The topological polar surface area (TPSA) is 90.0 Å². The molecule has 0 aromatic heterocycles. The van der Waals surface area contributed by atoms with Crippen LogP contribution in [0.2, 0.25) is 0 Å². The van der Waals surface area contributed by atoms with Crippen LogP contribution >= 0.6 is 0 Å². The number of amides is 5. The van der Waals surface area contributed by atoms with Gasteiger partial charge in [-0.3, -0.25) is 19.3 Å². The number of urea groups is 1. The van der Waals surface area contributed by atoms with Crippen molar-refractivity contribution in [2.45, 2.75) is 76.8 Å². The lowest BCUT2D eigenvalue weighted by Crippen LogP contribution is -2.57. The molecule has 0 unspecified atom stereocenters. The zero-order chi connectivity index (χ0) is 22.0. The van der Waals surface area contributed by atoms with Crippen molar-refractivity contribution in [3.8, 4) is 0 Å². The van der Waals surface area contributed by atoms with E-state index in [1.165, 1.54) is 24.2 Å². The number of likely N-dealkylation sites (tertiary alicyclic amines) is 2. The largest absolute Gasteiger partial charge is 0.342 e. The smallest absolute Gasteiger partial charge is 0.325 e. The molecule has 0 radical (unpaired) electrons. The maximum absolute atomic E-state index is 13.4. The minimum Gasteiger partial charge on any atom is -0.342 e.